The van der Waals surface area contributed by atoms with Crippen LogP contribution in [0.4, 0.5) is 0 Å². The topological polar surface area (TPSA) is 44.9 Å². The maximum atomic E-state index is 11.3. The molecule has 2 N–H and O–H groups in total. The van der Waals surface area contributed by atoms with Crippen LogP contribution < -0.4 is 10.9 Å². The molecule has 0 radical (unpaired) electrons. The van der Waals surface area contributed by atoms with Gasteiger partial charge in [-0.15, -0.1) is 0 Å². The second kappa shape index (κ2) is 5.85. The van der Waals surface area contributed by atoms with E-state index in [1.807, 2.05) is 6.07 Å². The molecule has 1 atom stereocenters. The molecule has 0 bridgehead atoms. The van der Waals surface area contributed by atoms with Crippen LogP contribution in [0.25, 0.3) is 0 Å². The van der Waals surface area contributed by atoms with E-state index < -0.39 is 0 Å². The average Bonchev–Trinajstić information content (AvgIpc) is 2.40. The zero-order valence-electron chi connectivity index (χ0n) is 11.7. The third kappa shape index (κ3) is 3.32. The van der Waals surface area contributed by atoms with Gasteiger partial charge in [0.15, 0.2) is 0 Å². The number of aromatic amines is 1. The molecule has 1 aromatic heterocycles. The van der Waals surface area contributed by atoms with E-state index in [0.29, 0.717) is 0 Å². The molecule has 0 fully saturated rings. The molecule has 0 aliphatic heterocycles. The predicted molar refractivity (Wildman–Crippen MR) is 78.2 cm³/mol. The van der Waals surface area contributed by atoms with Gasteiger partial charge in [0.25, 0.3) is 0 Å². The van der Waals surface area contributed by atoms with Crippen molar-refractivity contribution in [2.75, 3.05) is 0 Å². The Hall–Kier alpha value is -1.87. The maximum absolute atomic E-state index is 11.3. The lowest BCUT2D eigenvalue weighted by Crippen LogP contribution is -2.20. The van der Waals surface area contributed by atoms with Crippen molar-refractivity contribution in [3.8, 4) is 0 Å². The Balaban J connectivity index is 2.06. The van der Waals surface area contributed by atoms with Crippen LogP contribution in [0.2, 0.25) is 0 Å². The van der Waals surface area contributed by atoms with Gasteiger partial charge in [0.1, 0.15) is 0 Å². The highest BCUT2D eigenvalue weighted by atomic mass is 16.1. The van der Waals surface area contributed by atoms with E-state index in [-0.39, 0.29) is 11.6 Å². The van der Waals surface area contributed by atoms with Crippen molar-refractivity contribution in [3.05, 3.63) is 69.1 Å². The zero-order valence-corrected chi connectivity index (χ0v) is 11.7. The fourth-order valence-corrected chi connectivity index (χ4v) is 2.11. The van der Waals surface area contributed by atoms with E-state index in [9.17, 15) is 4.79 Å². The molecule has 2 aromatic rings. The van der Waals surface area contributed by atoms with E-state index in [2.05, 4.69) is 49.3 Å². The van der Waals surface area contributed by atoms with E-state index in [1.54, 1.807) is 12.3 Å². The van der Waals surface area contributed by atoms with Gasteiger partial charge >= 0.3 is 0 Å². The van der Waals surface area contributed by atoms with Crippen molar-refractivity contribution in [1.29, 1.82) is 0 Å². The van der Waals surface area contributed by atoms with Gasteiger partial charge in [-0.05, 0) is 49.1 Å². The standard InChI is InChI=1S/C16H20N2O/c1-11-5-4-6-15(12(11)2)10-18-13(3)14-7-8-17-16(19)9-14/h4-9,13,18H,10H2,1-3H3,(H,17,19)/t13-/m1/s1. The Labute approximate surface area is 113 Å². The fourth-order valence-electron chi connectivity index (χ4n) is 2.11. The molecule has 0 saturated carbocycles. The lowest BCUT2D eigenvalue weighted by molar-refractivity contribution is 0.572. The molecule has 0 amide bonds. The molecule has 0 unspecified atom stereocenters. The monoisotopic (exact) mass is 256 g/mol. The average molecular weight is 256 g/mol. The lowest BCUT2D eigenvalue weighted by Gasteiger charge is -2.15. The minimum absolute atomic E-state index is 0.0575. The largest absolute Gasteiger partial charge is 0.329 e. The van der Waals surface area contributed by atoms with E-state index in [0.717, 1.165) is 12.1 Å². The summed E-state index contributed by atoms with van der Waals surface area (Å²) in [6, 6.07) is 10.1. The molecule has 2 rings (SSSR count). The molecule has 3 nitrogen and oxygen atoms in total. The summed E-state index contributed by atoms with van der Waals surface area (Å²) in [5.74, 6) is 0. The summed E-state index contributed by atoms with van der Waals surface area (Å²) in [6.45, 7) is 7.14. The Morgan fingerprint density at radius 2 is 2.05 bits per heavy atom. The second-order valence-electron chi connectivity index (χ2n) is 4.95. The summed E-state index contributed by atoms with van der Waals surface area (Å²) in [7, 11) is 0. The van der Waals surface area contributed by atoms with Gasteiger partial charge in [0.05, 0.1) is 0 Å². The molecule has 1 aromatic carbocycles. The minimum Gasteiger partial charge on any atom is -0.329 e. The molecule has 0 aliphatic rings. The molecular weight excluding hydrogens is 236 g/mol. The highest BCUT2D eigenvalue weighted by molar-refractivity contribution is 5.33. The van der Waals surface area contributed by atoms with Crippen LogP contribution in [0.15, 0.2) is 41.3 Å². The van der Waals surface area contributed by atoms with Crippen molar-refractivity contribution in [3.63, 3.8) is 0 Å². The normalized spacial score (nSPS) is 12.4. The molecule has 0 aliphatic carbocycles. The molecule has 3 heteroatoms. The Morgan fingerprint density at radius 3 is 2.79 bits per heavy atom. The van der Waals surface area contributed by atoms with Gasteiger partial charge in [0, 0.05) is 24.8 Å². The summed E-state index contributed by atoms with van der Waals surface area (Å²) < 4.78 is 0. The summed E-state index contributed by atoms with van der Waals surface area (Å²) in [6.07, 6.45) is 1.69. The molecule has 0 saturated heterocycles. The van der Waals surface area contributed by atoms with Gasteiger partial charge in [-0.2, -0.15) is 0 Å². The van der Waals surface area contributed by atoms with E-state index >= 15 is 0 Å². The number of hydrogen-bond donors (Lipinski definition) is 2. The first kappa shape index (κ1) is 13.6. The molecule has 0 spiro atoms. The SMILES string of the molecule is Cc1cccc(CN[C@H](C)c2cc[nH]c(=O)c2)c1C. The maximum Gasteiger partial charge on any atom is 0.248 e. The number of pyridine rings is 1. The van der Waals surface area contributed by atoms with Crippen LogP contribution in [-0.2, 0) is 6.54 Å². The summed E-state index contributed by atoms with van der Waals surface area (Å²) in [5, 5.41) is 3.46. The number of hydrogen-bond acceptors (Lipinski definition) is 2. The highest BCUT2D eigenvalue weighted by Gasteiger charge is 2.06. The van der Waals surface area contributed by atoms with Crippen molar-refractivity contribution in [1.82, 2.24) is 10.3 Å². The number of nitrogens with one attached hydrogen (secondary N) is 2. The van der Waals surface area contributed by atoms with Crippen molar-refractivity contribution in [2.24, 2.45) is 0 Å². The Kier molecular flexibility index (Phi) is 4.17. The molecule has 1 heterocycles. The van der Waals surface area contributed by atoms with Crippen molar-refractivity contribution < 1.29 is 0 Å². The number of rotatable bonds is 4. The fraction of sp³-hybridized carbons (Fsp3) is 0.312. The first-order chi connectivity index (χ1) is 9.08. The number of aromatic nitrogens is 1. The molecule has 19 heavy (non-hydrogen) atoms. The molecule has 100 valence electrons. The van der Waals surface area contributed by atoms with Gasteiger partial charge in [-0.25, -0.2) is 0 Å². The first-order valence-electron chi connectivity index (χ1n) is 6.55. The van der Waals surface area contributed by atoms with Crippen LogP contribution in [0.3, 0.4) is 0 Å². The van der Waals surface area contributed by atoms with Crippen LogP contribution >= 0.6 is 0 Å². The van der Waals surface area contributed by atoms with Gasteiger partial charge in [0.2, 0.25) is 5.56 Å². The first-order valence-corrected chi connectivity index (χ1v) is 6.55. The van der Waals surface area contributed by atoms with Crippen molar-refractivity contribution >= 4 is 0 Å². The number of H-pyrrole nitrogens is 1. The number of aryl methyl sites for hydroxylation is 1. The predicted octanol–water partition coefficient (Wildman–Crippen LogP) is 2.84. The van der Waals surface area contributed by atoms with Crippen LogP contribution in [-0.4, -0.2) is 4.98 Å². The third-order valence-corrected chi connectivity index (χ3v) is 3.61. The van der Waals surface area contributed by atoms with Crippen LogP contribution in [0.5, 0.6) is 0 Å². The quantitative estimate of drug-likeness (QED) is 0.883. The van der Waals surface area contributed by atoms with E-state index in [4.69, 9.17) is 0 Å². The Bertz CT molecular complexity index is 616. The van der Waals surface area contributed by atoms with Gasteiger partial charge in [-0.3, -0.25) is 4.79 Å². The summed E-state index contributed by atoms with van der Waals surface area (Å²) in [4.78, 5) is 13.9. The highest BCUT2D eigenvalue weighted by Crippen LogP contribution is 2.15. The van der Waals surface area contributed by atoms with Gasteiger partial charge < -0.3 is 10.3 Å². The Morgan fingerprint density at radius 1 is 1.26 bits per heavy atom. The third-order valence-electron chi connectivity index (χ3n) is 3.61. The zero-order chi connectivity index (χ0) is 13.8. The second-order valence-corrected chi connectivity index (χ2v) is 4.95. The lowest BCUT2D eigenvalue weighted by atomic mass is 10.0. The minimum atomic E-state index is -0.0575. The molecular formula is C16H20N2O. The van der Waals surface area contributed by atoms with Crippen LogP contribution in [0, 0.1) is 13.8 Å². The summed E-state index contributed by atoms with van der Waals surface area (Å²) in [5.41, 5.74) is 4.89. The smallest absolute Gasteiger partial charge is 0.248 e. The summed E-state index contributed by atoms with van der Waals surface area (Å²) >= 11 is 0. The van der Waals surface area contributed by atoms with E-state index in [1.165, 1.54) is 16.7 Å². The van der Waals surface area contributed by atoms with Crippen LogP contribution in [0.1, 0.15) is 35.2 Å². The number of benzene rings is 1. The van der Waals surface area contributed by atoms with Gasteiger partial charge in [-0.1, -0.05) is 18.2 Å². The van der Waals surface area contributed by atoms with Crippen molar-refractivity contribution in [2.45, 2.75) is 33.4 Å².